The number of nitrogens with zero attached hydrogens (tertiary/aromatic N) is 1. The number of rotatable bonds is 4. The Morgan fingerprint density at radius 3 is 2.94 bits per heavy atom. The Morgan fingerprint density at radius 1 is 1.50 bits per heavy atom. The van der Waals surface area contributed by atoms with Crippen molar-refractivity contribution in [2.45, 2.75) is 25.7 Å². The van der Waals surface area contributed by atoms with Crippen molar-refractivity contribution in [1.82, 2.24) is 0 Å². The average Bonchev–Trinajstić information content (AvgIpc) is 2.77. The molecular formula is C14H14FNO2. The molecule has 4 heteroatoms. The van der Waals surface area contributed by atoms with E-state index < -0.39 is 5.82 Å². The molecule has 1 aromatic rings. The molecule has 2 rings (SSSR count). The van der Waals surface area contributed by atoms with Gasteiger partial charge in [0.05, 0.1) is 18.2 Å². The molecule has 1 aliphatic carbocycles. The van der Waals surface area contributed by atoms with E-state index in [0.29, 0.717) is 25.2 Å². The highest BCUT2D eigenvalue weighted by Gasteiger charge is 2.23. The van der Waals surface area contributed by atoms with Crippen molar-refractivity contribution < 1.29 is 13.9 Å². The zero-order valence-corrected chi connectivity index (χ0v) is 9.99. The molecule has 0 saturated heterocycles. The highest BCUT2D eigenvalue weighted by atomic mass is 19.1. The number of hydrogen-bond acceptors (Lipinski definition) is 3. The Hall–Kier alpha value is -1.89. The van der Waals surface area contributed by atoms with Gasteiger partial charge in [0.2, 0.25) is 0 Å². The van der Waals surface area contributed by atoms with Crippen LogP contribution in [-0.4, -0.2) is 12.4 Å². The van der Waals surface area contributed by atoms with Crippen LogP contribution in [0.5, 0.6) is 5.75 Å². The maximum absolute atomic E-state index is 13.5. The molecule has 0 spiro atoms. The molecule has 3 nitrogen and oxygen atoms in total. The van der Waals surface area contributed by atoms with E-state index in [1.165, 1.54) is 12.1 Å². The molecule has 0 aromatic heterocycles. The number of benzene rings is 1. The summed E-state index contributed by atoms with van der Waals surface area (Å²) in [5, 5.41) is 8.61. The minimum atomic E-state index is -0.535. The molecule has 0 aliphatic heterocycles. The lowest BCUT2D eigenvalue weighted by molar-refractivity contribution is -0.121. The van der Waals surface area contributed by atoms with Crippen molar-refractivity contribution in [3.05, 3.63) is 29.6 Å². The van der Waals surface area contributed by atoms with Gasteiger partial charge >= 0.3 is 0 Å². The van der Waals surface area contributed by atoms with Gasteiger partial charge in [-0.15, -0.1) is 0 Å². The molecule has 1 atom stereocenters. The minimum Gasteiger partial charge on any atom is -0.490 e. The van der Waals surface area contributed by atoms with Crippen LogP contribution < -0.4 is 4.74 Å². The predicted molar refractivity (Wildman–Crippen MR) is 63.6 cm³/mol. The number of carbonyl (C=O) groups is 1. The van der Waals surface area contributed by atoms with Crippen molar-refractivity contribution in [3.8, 4) is 11.8 Å². The molecule has 1 saturated carbocycles. The minimum absolute atomic E-state index is 0.0754. The van der Waals surface area contributed by atoms with E-state index in [0.717, 1.165) is 18.9 Å². The molecule has 1 fully saturated rings. The SMILES string of the molecule is N#Cc1ccc(OCCC2CCCC2=O)c(F)c1. The summed E-state index contributed by atoms with van der Waals surface area (Å²) in [5.74, 6) is -0.0309. The topological polar surface area (TPSA) is 50.1 Å². The van der Waals surface area contributed by atoms with E-state index in [1.54, 1.807) is 0 Å². The summed E-state index contributed by atoms with van der Waals surface area (Å²) in [6.07, 6.45) is 3.17. The molecule has 1 aliphatic rings. The molecule has 1 unspecified atom stereocenters. The highest BCUT2D eigenvalue weighted by Crippen LogP contribution is 2.25. The Morgan fingerprint density at radius 2 is 2.33 bits per heavy atom. The first-order chi connectivity index (χ1) is 8.70. The fourth-order valence-corrected chi connectivity index (χ4v) is 2.19. The zero-order chi connectivity index (χ0) is 13.0. The fourth-order valence-electron chi connectivity index (χ4n) is 2.19. The van der Waals surface area contributed by atoms with Gasteiger partial charge in [0.25, 0.3) is 0 Å². The quantitative estimate of drug-likeness (QED) is 0.822. The molecular weight excluding hydrogens is 233 g/mol. The molecule has 18 heavy (non-hydrogen) atoms. The van der Waals surface area contributed by atoms with Crippen LogP contribution in [-0.2, 0) is 4.79 Å². The lowest BCUT2D eigenvalue weighted by atomic mass is 10.0. The summed E-state index contributed by atoms with van der Waals surface area (Å²) in [6.45, 7) is 0.333. The molecule has 0 heterocycles. The fraction of sp³-hybridized carbons (Fsp3) is 0.429. The maximum atomic E-state index is 13.5. The summed E-state index contributed by atoms with van der Waals surface area (Å²) >= 11 is 0. The standard InChI is InChI=1S/C14H14FNO2/c15-12-8-10(9-16)4-5-14(12)18-7-6-11-2-1-3-13(11)17/h4-5,8,11H,1-3,6-7H2. The highest BCUT2D eigenvalue weighted by molar-refractivity contribution is 5.82. The first kappa shape index (κ1) is 12.6. The number of carbonyl (C=O) groups excluding carboxylic acids is 1. The number of halogens is 1. The molecule has 94 valence electrons. The zero-order valence-electron chi connectivity index (χ0n) is 9.99. The summed E-state index contributed by atoms with van der Waals surface area (Å²) in [7, 11) is 0. The first-order valence-corrected chi connectivity index (χ1v) is 6.06. The molecule has 0 amide bonds. The van der Waals surface area contributed by atoms with Gasteiger partial charge in [-0.3, -0.25) is 4.79 Å². The van der Waals surface area contributed by atoms with E-state index >= 15 is 0 Å². The van der Waals surface area contributed by atoms with Gasteiger partial charge in [0.15, 0.2) is 11.6 Å². The lowest BCUT2D eigenvalue weighted by Crippen LogP contribution is -2.11. The Kier molecular flexibility index (Phi) is 3.93. The third kappa shape index (κ3) is 2.86. The van der Waals surface area contributed by atoms with Crippen molar-refractivity contribution in [2.24, 2.45) is 5.92 Å². The Labute approximate surface area is 105 Å². The van der Waals surface area contributed by atoms with Crippen molar-refractivity contribution >= 4 is 5.78 Å². The van der Waals surface area contributed by atoms with Crippen molar-refractivity contribution in [1.29, 1.82) is 5.26 Å². The average molecular weight is 247 g/mol. The summed E-state index contributed by atoms with van der Waals surface area (Å²) in [4.78, 5) is 11.4. The van der Waals surface area contributed by atoms with Gasteiger partial charge in [0.1, 0.15) is 5.78 Å². The second kappa shape index (κ2) is 5.63. The molecule has 0 bridgehead atoms. The van der Waals surface area contributed by atoms with E-state index in [9.17, 15) is 9.18 Å². The largest absolute Gasteiger partial charge is 0.490 e. The van der Waals surface area contributed by atoms with Crippen LogP contribution >= 0.6 is 0 Å². The summed E-state index contributed by atoms with van der Waals surface area (Å²) in [5.41, 5.74) is 0.269. The number of Topliss-reactive ketones (excluding diaryl/α,β-unsaturated/α-hetero) is 1. The van der Waals surface area contributed by atoms with Crippen LogP contribution in [0.2, 0.25) is 0 Å². The van der Waals surface area contributed by atoms with Gasteiger partial charge in [0, 0.05) is 12.3 Å². The van der Waals surface area contributed by atoms with Gasteiger partial charge in [-0.05, 0) is 37.5 Å². The van der Waals surface area contributed by atoms with Crippen molar-refractivity contribution in [3.63, 3.8) is 0 Å². The number of hydrogen-bond donors (Lipinski definition) is 0. The lowest BCUT2D eigenvalue weighted by Gasteiger charge is -2.10. The molecule has 0 radical (unpaired) electrons. The van der Waals surface area contributed by atoms with Gasteiger partial charge < -0.3 is 4.74 Å². The van der Waals surface area contributed by atoms with Gasteiger partial charge in [-0.2, -0.15) is 5.26 Å². The second-order valence-electron chi connectivity index (χ2n) is 4.45. The predicted octanol–water partition coefficient (Wildman–Crippen LogP) is 2.84. The van der Waals surface area contributed by atoms with Crippen LogP contribution in [0.25, 0.3) is 0 Å². The van der Waals surface area contributed by atoms with E-state index in [1.807, 2.05) is 6.07 Å². The number of nitriles is 1. The molecule has 0 N–H and O–H groups in total. The summed E-state index contributed by atoms with van der Waals surface area (Å²) < 4.78 is 18.8. The van der Waals surface area contributed by atoms with Crippen LogP contribution in [0.4, 0.5) is 4.39 Å². The summed E-state index contributed by atoms with van der Waals surface area (Å²) in [6, 6.07) is 5.97. The van der Waals surface area contributed by atoms with E-state index in [4.69, 9.17) is 10.00 Å². The van der Waals surface area contributed by atoms with Crippen molar-refractivity contribution in [2.75, 3.05) is 6.61 Å². The van der Waals surface area contributed by atoms with Gasteiger partial charge in [-0.1, -0.05) is 0 Å². The normalized spacial score (nSPS) is 18.7. The van der Waals surface area contributed by atoms with E-state index in [-0.39, 0.29) is 17.2 Å². The monoisotopic (exact) mass is 247 g/mol. The maximum Gasteiger partial charge on any atom is 0.166 e. The third-order valence-corrected chi connectivity index (χ3v) is 3.22. The number of ether oxygens (including phenoxy) is 1. The molecule has 1 aromatic carbocycles. The van der Waals surface area contributed by atoms with Crippen LogP contribution in [0, 0.1) is 23.1 Å². The Bertz CT molecular complexity index is 493. The van der Waals surface area contributed by atoms with Crippen LogP contribution in [0.1, 0.15) is 31.2 Å². The third-order valence-electron chi connectivity index (χ3n) is 3.22. The number of ketones is 1. The Balaban J connectivity index is 1.87. The van der Waals surface area contributed by atoms with Crippen LogP contribution in [0.15, 0.2) is 18.2 Å². The smallest absolute Gasteiger partial charge is 0.166 e. The van der Waals surface area contributed by atoms with Crippen LogP contribution in [0.3, 0.4) is 0 Å². The first-order valence-electron chi connectivity index (χ1n) is 6.06. The second-order valence-corrected chi connectivity index (χ2v) is 4.45. The van der Waals surface area contributed by atoms with Gasteiger partial charge in [-0.25, -0.2) is 4.39 Å². The van der Waals surface area contributed by atoms with E-state index in [2.05, 4.69) is 0 Å².